The Bertz CT molecular complexity index is 831. The number of likely N-dealkylation sites (N-methyl/N-ethyl adjacent to an activating group) is 1. The zero-order chi connectivity index (χ0) is 18.0. The van der Waals surface area contributed by atoms with E-state index in [2.05, 4.69) is 21.5 Å². The molecule has 1 aromatic carbocycles. The maximum Gasteiger partial charge on any atom is 0.273 e. The molecule has 1 aromatic heterocycles. The number of hydrogen-bond acceptors (Lipinski definition) is 6. The van der Waals surface area contributed by atoms with Gasteiger partial charge in [0.05, 0.1) is 23.4 Å². The number of anilines is 1. The first kappa shape index (κ1) is 18.3. The molecule has 8 heteroatoms. The third-order valence-corrected chi connectivity index (χ3v) is 7.30. The zero-order valence-corrected chi connectivity index (χ0v) is 16.3. The number of sulfonamides is 1. The molecule has 136 valence electrons. The number of benzene rings is 1. The molecule has 3 rings (SSSR count). The number of nitrogens with one attached hydrogen (secondary N) is 1. The Labute approximate surface area is 152 Å². The van der Waals surface area contributed by atoms with Gasteiger partial charge in [0.25, 0.3) is 10.0 Å². The van der Waals surface area contributed by atoms with Gasteiger partial charge in [0, 0.05) is 18.8 Å². The molecular weight excluding hydrogens is 358 g/mol. The van der Waals surface area contributed by atoms with Crippen LogP contribution in [-0.4, -0.2) is 44.5 Å². The minimum atomic E-state index is -3.61. The van der Waals surface area contributed by atoms with E-state index < -0.39 is 10.0 Å². The smallest absolute Gasteiger partial charge is 0.273 e. The molecule has 1 unspecified atom stereocenters. The number of hydrogen-bond donors (Lipinski definition) is 1. The summed E-state index contributed by atoms with van der Waals surface area (Å²) < 4.78 is 33.8. The fourth-order valence-corrected chi connectivity index (χ4v) is 5.46. The first-order chi connectivity index (χ1) is 11.9. The second kappa shape index (κ2) is 7.41. The molecule has 0 bridgehead atoms. The molecule has 0 aliphatic carbocycles. The van der Waals surface area contributed by atoms with Crippen molar-refractivity contribution in [2.45, 2.75) is 31.1 Å². The highest BCUT2D eigenvalue weighted by Crippen LogP contribution is 2.27. The summed E-state index contributed by atoms with van der Waals surface area (Å²) in [5, 5.41) is 0.739. The molecule has 1 aliphatic rings. The Morgan fingerprint density at radius 1 is 1.32 bits per heavy atom. The van der Waals surface area contributed by atoms with E-state index in [1.807, 2.05) is 12.1 Å². The molecule has 1 saturated heterocycles. The van der Waals surface area contributed by atoms with E-state index in [0.717, 1.165) is 36.8 Å². The number of morpholine rings is 1. The van der Waals surface area contributed by atoms with Crippen molar-refractivity contribution >= 4 is 27.0 Å². The first-order valence-electron chi connectivity index (χ1n) is 8.30. The summed E-state index contributed by atoms with van der Waals surface area (Å²) in [7, 11) is -3.61. The van der Waals surface area contributed by atoms with Crippen molar-refractivity contribution in [3.8, 4) is 0 Å². The lowest BCUT2D eigenvalue weighted by Gasteiger charge is -2.32. The van der Waals surface area contributed by atoms with Crippen molar-refractivity contribution in [3.63, 3.8) is 0 Å². The van der Waals surface area contributed by atoms with E-state index in [0.29, 0.717) is 11.4 Å². The van der Waals surface area contributed by atoms with Crippen LogP contribution < -0.4 is 4.72 Å². The Kier molecular flexibility index (Phi) is 5.43. The van der Waals surface area contributed by atoms with E-state index in [1.54, 1.807) is 26.0 Å². The molecular formula is C17H23N3O3S2. The molecule has 0 spiro atoms. The number of thiazole rings is 1. The molecule has 6 nitrogen and oxygen atoms in total. The van der Waals surface area contributed by atoms with E-state index in [-0.39, 0.29) is 10.3 Å². The molecule has 0 amide bonds. The van der Waals surface area contributed by atoms with Crippen molar-refractivity contribution in [2.24, 2.45) is 0 Å². The molecule has 0 saturated carbocycles. The van der Waals surface area contributed by atoms with Gasteiger partial charge in [0.2, 0.25) is 0 Å². The summed E-state index contributed by atoms with van der Waals surface area (Å²) in [6.45, 7) is 9.20. The van der Waals surface area contributed by atoms with E-state index in [4.69, 9.17) is 4.74 Å². The topological polar surface area (TPSA) is 71.5 Å². The van der Waals surface area contributed by atoms with Gasteiger partial charge in [0.15, 0.2) is 4.21 Å². The minimum Gasteiger partial charge on any atom is -0.371 e. The van der Waals surface area contributed by atoms with Crippen molar-refractivity contribution < 1.29 is 13.2 Å². The van der Waals surface area contributed by atoms with Crippen LogP contribution in [0, 0.1) is 13.8 Å². The lowest BCUT2D eigenvalue weighted by atomic mass is 10.1. The van der Waals surface area contributed by atoms with Crippen LogP contribution in [0.15, 0.2) is 28.5 Å². The number of ether oxygens (including phenoxy) is 1. The zero-order valence-electron chi connectivity index (χ0n) is 14.7. The molecule has 1 atom stereocenters. The Hall–Kier alpha value is -1.48. The second-order valence-corrected chi connectivity index (χ2v) is 9.17. The number of nitrogens with zero attached hydrogens (tertiary/aromatic N) is 2. The van der Waals surface area contributed by atoms with Crippen LogP contribution in [-0.2, 0) is 14.8 Å². The van der Waals surface area contributed by atoms with Gasteiger partial charge in [-0.3, -0.25) is 9.62 Å². The average molecular weight is 382 g/mol. The van der Waals surface area contributed by atoms with Crippen LogP contribution in [0.2, 0.25) is 0 Å². The van der Waals surface area contributed by atoms with Gasteiger partial charge >= 0.3 is 0 Å². The Morgan fingerprint density at radius 3 is 2.64 bits per heavy atom. The molecule has 2 heterocycles. The van der Waals surface area contributed by atoms with Crippen LogP contribution in [0.25, 0.3) is 0 Å². The van der Waals surface area contributed by atoms with Crippen LogP contribution in [0.1, 0.15) is 29.3 Å². The lowest BCUT2D eigenvalue weighted by Crippen LogP contribution is -2.38. The summed E-state index contributed by atoms with van der Waals surface area (Å²) >= 11 is 1.18. The van der Waals surface area contributed by atoms with Crippen LogP contribution in [0.4, 0.5) is 5.69 Å². The SMILES string of the molecule is CCN1CCOC(c2ccc(NS(=O)(=O)c3sc(C)nc3C)cc2)C1. The predicted octanol–water partition coefficient (Wildman–Crippen LogP) is 2.95. The van der Waals surface area contributed by atoms with Crippen molar-refractivity contribution in [3.05, 3.63) is 40.5 Å². The largest absolute Gasteiger partial charge is 0.371 e. The van der Waals surface area contributed by atoms with Crippen molar-refractivity contribution in [1.29, 1.82) is 0 Å². The summed E-state index contributed by atoms with van der Waals surface area (Å²) in [5.74, 6) is 0. The first-order valence-corrected chi connectivity index (χ1v) is 10.6. The monoisotopic (exact) mass is 381 g/mol. The van der Waals surface area contributed by atoms with Crippen LogP contribution >= 0.6 is 11.3 Å². The lowest BCUT2D eigenvalue weighted by molar-refractivity contribution is -0.0281. The molecule has 2 aromatic rings. The molecule has 0 radical (unpaired) electrons. The summed E-state index contributed by atoms with van der Waals surface area (Å²) in [4.78, 5) is 6.53. The maximum absolute atomic E-state index is 12.5. The highest BCUT2D eigenvalue weighted by Gasteiger charge is 2.23. The molecule has 1 aliphatic heterocycles. The summed E-state index contributed by atoms with van der Waals surface area (Å²) in [5.41, 5.74) is 2.13. The number of aromatic nitrogens is 1. The number of aryl methyl sites for hydroxylation is 2. The molecule has 25 heavy (non-hydrogen) atoms. The number of rotatable bonds is 5. The van der Waals surface area contributed by atoms with Crippen LogP contribution in [0.3, 0.4) is 0 Å². The molecule has 1 N–H and O–H groups in total. The van der Waals surface area contributed by atoms with Gasteiger partial charge in [-0.05, 0) is 38.1 Å². The van der Waals surface area contributed by atoms with Gasteiger partial charge in [-0.15, -0.1) is 11.3 Å². The standard InChI is InChI=1S/C17H23N3O3S2/c1-4-20-9-10-23-16(11-20)14-5-7-15(8-6-14)19-25(21,22)17-12(2)18-13(3)24-17/h5-8,16,19H,4,9-11H2,1-3H3. The van der Waals surface area contributed by atoms with E-state index in [9.17, 15) is 8.42 Å². The maximum atomic E-state index is 12.5. The average Bonchev–Trinajstić information content (AvgIpc) is 2.94. The second-order valence-electron chi connectivity index (χ2n) is 6.09. The van der Waals surface area contributed by atoms with Crippen molar-refractivity contribution in [2.75, 3.05) is 31.0 Å². The van der Waals surface area contributed by atoms with Gasteiger partial charge < -0.3 is 4.74 Å². The summed E-state index contributed by atoms with van der Waals surface area (Å²) in [6, 6.07) is 7.41. The third-order valence-electron chi connectivity index (χ3n) is 4.24. The van der Waals surface area contributed by atoms with E-state index >= 15 is 0 Å². The normalized spacial score (nSPS) is 19.1. The van der Waals surface area contributed by atoms with Crippen LogP contribution in [0.5, 0.6) is 0 Å². The van der Waals surface area contributed by atoms with Gasteiger partial charge in [-0.2, -0.15) is 0 Å². The highest BCUT2D eigenvalue weighted by molar-refractivity contribution is 7.94. The Balaban J connectivity index is 1.73. The van der Waals surface area contributed by atoms with Gasteiger partial charge in [0.1, 0.15) is 0 Å². The van der Waals surface area contributed by atoms with Gasteiger partial charge in [-0.25, -0.2) is 13.4 Å². The van der Waals surface area contributed by atoms with Crippen molar-refractivity contribution in [1.82, 2.24) is 9.88 Å². The quantitative estimate of drug-likeness (QED) is 0.862. The van der Waals surface area contributed by atoms with E-state index in [1.165, 1.54) is 11.3 Å². The minimum absolute atomic E-state index is 0.0331. The Morgan fingerprint density at radius 2 is 2.04 bits per heavy atom. The fourth-order valence-electron chi connectivity index (χ4n) is 2.92. The fraction of sp³-hybridized carbons (Fsp3) is 0.471. The third kappa shape index (κ3) is 4.20. The molecule has 1 fully saturated rings. The van der Waals surface area contributed by atoms with Gasteiger partial charge in [-0.1, -0.05) is 19.1 Å². The predicted molar refractivity (Wildman–Crippen MR) is 99.6 cm³/mol. The highest BCUT2D eigenvalue weighted by atomic mass is 32.2. The summed E-state index contributed by atoms with van der Waals surface area (Å²) in [6.07, 6.45) is 0.0331.